The summed E-state index contributed by atoms with van der Waals surface area (Å²) in [5, 5.41) is 6.36. The van der Waals surface area contributed by atoms with E-state index >= 15 is 0 Å². The maximum atomic E-state index is 12.5. The number of aryl methyl sites for hydroxylation is 1. The number of carbonyl (C=O) groups excluding carboxylic acids is 1. The van der Waals surface area contributed by atoms with Crippen LogP contribution in [0.1, 0.15) is 45.9 Å². The van der Waals surface area contributed by atoms with Gasteiger partial charge in [0.05, 0.1) is 11.9 Å². The average molecular weight is 463 g/mol. The molecule has 0 aromatic carbocycles. The average Bonchev–Trinajstić information content (AvgIpc) is 3.20. The van der Waals surface area contributed by atoms with Gasteiger partial charge in [0.1, 0.15) is 17.2 Å². The molecule has 4 rings (SSSR count). The molecule has 1 fully saturated rings. The predicted octanol–water partition coefficient (Wildman–Crippen LogP) is 3.86. The van der Waals surface area contributed by atoms with Crippen molar-refractivity contribution >= 4 is 11.9 Å². The third-order valence-electron chi connectivity index (χ3n) is 5.56. The van der Waals surface area contributed by atoms with E-state index < -0.39 is 5.60 Å². The van der Waals surface area contributed by atoms with Gasteiger partial charge < -0.3 is 15.4 Å². The number of pyridine rings is 2. The predicted molar refractivity (Wildman–Crippen MR) is 130 cm³/mol. The maximum absolute atomic E-state index is 12.5. The van der Waals surface area contributed by atoms with Crippen molar-refractivity contribution < 1.29 is 9.53 Å². The lowest BCUT2D eigenvalue weighted by molar-refractivity contribution is 0.0505. The normalized spacial score (nSPS) is 17.9. The molecule has 0 radical (unpaired) electrons. The second-order valence-electron chi connectivity index (χ2n) is 9.54. The van der Waals surface area contributed by atoms with Crippen molar-refractivity contribution in [3.8, 4) is 16.8 Å². The minimum absolute atomic E-state index is 0.0682. The van der Waals surface area contributed by atoms with Crippen LogP contribution < -0.4 is 16.2 Å². The summed E-state index contributed by atoms with van der Waals surface area (Å²) < 4.78 is 6.90. The lowest BCUT2D eigenvalue weighted by atomic mass is 10.1. The molecular weight excluding hydrogens is 432 g/mol. The number of rotatable bonds is 5. The van der Waals surface area contributed by atoms with Crippen LogP contribution in [0.2, 0.25) is 0 Å². The van der Waals surface area contributed by atoms with Crippen molar-refractivity contribution in [1.82, 2.24) is 24.8 Å². The Labute approximate surface area is 198 Å². The Bertz CT molecular complexity index is 1200. The molecule has 1 aliphatic carbocycles. The molecule has 3 heterocycles. The van der Waals surface area contributed by atoms with E-state index in [9.17, 15) is 9.59 Å². The number of nitrogens with zero attached hydrogens (tertiary/aromatic N) is 4. The first-order chi connectivity index (χ1) is 16.2. The molecule has 2 atom stereocenters. The number of ether oxygens (including phenoxy) is 1. The Hall–Kier alpha value is -3.75. The van der Waals surface area contributed by atoms with Crippen LogP contribution in [0.5, 0.6) is 0 Å². The minimum Gasteiger partial charge on any atom is -0.444 e. The Kier molecular flexibility index (Phi) is 6.63. The van der Waals surface area contributed by atoms with E-state index in [1.807, 2.05) is 39.8 Å². The van der Waals surface area contributed by atoms with Gasteiger partial charge in [0.25, 0.3) is 5.56 Å². The zero-order valence-corrected chi connectivity index (χ0v) is 19.9. The SMILES string of the molecule is Cc1ncc(-c2ccc(=O)n(-c3ccc(N[C@H]4CC[C@H](NC(=O)OC(C)(C)C)C4)nc3)c2)cn1. The van der Waals surface area contributed by atoms with Crippen LogP contribution in [0, 0.1) is 6.92 Å². The van der Waals surface area contributed by atoms with Crippen molar-refractivity contribution in [1.29, 1.82) is 0 Å². The molecular formula is C25H30N6O3. The van der Waals surface area contributed by atoms with Gasteiger partial charge in [-0.25, -0.2) is 19.7 Å². The lowest BCUT2D eigenvalue weighted by Crippen LogP contribution is -2.38. The van der Waals surface area contributed by atoms with E-state index in [-0.39, 0.29) is 23.7 Å². The minimum atomic E-state index is -0.512. The van der Waals surface area contributed by atoms with Crippen molar-refractivity contribution in [2.75, 3.05) is 5.32 Å². The third kappa shape index (κ3) is 5.98. The smallest absolute Gasteiger partial charge is 0.407 e. The van der Waals surface area contributed by atoms with Gasteiger partial charge in [-0.1, -0.05) is 0 Å². The summed E-state index contributed by atoms with van der Waals surface area (Å²) in [4.78, 5) is 37.4. The van der Waals surface area contributed by atoms with Crippen LogP contribution >= 0.6 is 0 Å². The topological polar surface area (TPSA) is 111 Å². The second kappa shape index (κ2) is 9.62. The largest absolute Gasteiger partial charge is 0.444 e. The summed E-state index contributed by atoms with van der Waals surface area (Å²) in [6, 6.07) is 7.27. The summed E-state index contributed by atoms with van der Waals surface area (Å²) in [6.07, 6.45) is 9.13. The standard InChI is InChI=1S/C25H30N6O3/c1-16-26-12-18(13-27-16)17-5-10-23(32)31(15-17)21-8-9-22(28-14-21)29-19-6-7-20(11-19)30-24(33)34-25(2,3)4/h5,8-10,12-15,19-20H,6-7,11H2,1-4H3,(H,28,29)(H,30,33)/t19-,20-/m0/s1. The molecule has 9 heteroatoms. The number of anilines is 1. The van der Waals surface area contributed by atoms with Gasteiger partial charge in [-0.15, -0.1) is 0 Å². The van der Waals surface area contributed by atoms with E-state index in [1.54, 1.807) is 35.4 Å². The number of alkyl carbamates (subject to hydrolysis) is 1. The first kappa shape index (κ1) is 23.4. The first-order valence-corrected chi connectivity index (χ1v) is 11.4. The van der Waals surface area contributed by atoms with E-state index in [0.717, 1.165) is 36.2 Å². The zero-order chi connectivity index (χ0) is 24.3. The fourth-order valence-electron chi connectivity index (χ4n) is 3.94. The molecule has 0 bridgehead atoms. The van der Waals surface area contributed by atoms with Crippen molar-refractivity contribution in [2.45, 2.75) is 64.6 Å². The first-order valence-electron chi connectivity index (χ1n) is 11.4. The summed E-state index contributed by atoms with van der Waals surface area (Å²) in [6.45, 7) is 7.38. The Morgan fingerprint density at radius 1 is 1.00 bits per heavy atom. The van der Waals surface area contributed by atoms with Crippen molar-refractivity contribution in [3.05, 3.63) is 65.2 Å². The number of aromatic nitrogens is 4. The number of hydrogen-bond acceptors (Lipinski definition) is 7. The zero-order valence-electron chi connectivity index (χ0n) is 19.9. The Morgan fingerprint density at radius 2 is 1.74 bits per heavy atom. The van der Waals surface area contributed by atoms with Gasteiger partial charge in [0.15, 0.2) is 0 Å². The molecule has 0 aliphatic heterocycles. The van der Waals surface area contributed by atoms with Gasteiger partial charge in [-0.05, 0) is 65.2 Å². The molecule has 1 amide bonds. The molecule has 0 saturated heterocycles. The fourth-order valence-corrected chi connectivity index (χ4v) is 3.94. The van der Waals surface area contributed by atoms with Crippen LogP contribution in [-0.2, 0) is 4.74 Å². The molecule has 2 N–H and O–H groups in total. The highest BCUT2D eigenvalue weighted by Crippen LogP contribution is 2.23. The van der Waals surface area contributed by atoms with E-state index in [1.165, 1.54) is 6.07 Å². The highest BCUT2D eigenvalue weighted by Gasteiger charge is 2.27. The van der Waals surface area contributed by atoms with Gasteiger partial charge >= 0.3 is 6.09 Å². The molecule has 34 heavy (non-hydrogen) atoms. The number of carbonyl (C=O) groups is 1. The number of hydrogen-bond donors (Lipinski definition) is 2. The van der Waals surface area contributed by atoms with Crippen LogP contribution in [0.4, 0.5) is 10.6 Å². The van der Waals surface area contributed by atoms with Gasteiger partial charge in [-0.2, -0.15) is 0 Å². The summed E-state index contributed by atoms with van der Waals surface area (Å²) >= 11 is 0. The van der Waals surface area contributed by atoms with E-state index in [0.29, 0.717) is 11.5 Å². The monoisotopic (exact) mass is 462 g/mol. The van der Waals surface area contributed by atoms with Gasteiger partial charge in [0, 0.05) is 47.9 Å². The van der Waals surface area contributed by atoms with Crippen LogP contribution in [-0.4, -0.2) is 43.3 Å². The maximum Gasteiger partial charge on any atom is 0.407 e. The van der Waals surface area contributed by atoms with Crippen LogP contribution in [0.15, 0.2) is 53.8 Å². The van der Waals surface area contributed by atoms with Gasteiger partial charge in [-0.3, -0.25) is 9.36 Å². The molecule has 3 aromatic heterocycles. The van der Waals surface area contributed by atoms with Crippen molar-refractivity contribution in [2.24, 2.45) is 0 Å². The van der Waals surface area contributed by atoms with Gasteiger partial charge in [0.2, 0.25) is 0 Å². The summed E-state index contributed by atoms with van der Waals surface area (Å²) in [5.74, 6) is 1.42. The summed E-state index contributed by atoms with van der Waals surface area (Å²) in [5.41, 5.74) is 1.69. The van der Waals surface area contributed by atoms with Crippen molar-refractivity contribution in [3.63, 3.8) is 0 Å². The van der Waals surface area contributed by atoms with Crippen LogP contribution in [0.25, 0.3) is 16.8 Å². The van der Waals surface area contributed by atoms with E-state index in [4.69, 9.17) is 4.74 Å². The highest BCUT2D eigenvalue weighted by atomic mass is 16.6. The Morgan fingerprint density at radius 3 is 2.41 bits per heavy atom. The highest BCUT2D eigenvalue weighted by molar-refractivity contribution is 5.68. The summed E-state index contributed by atoms with van der Waals surface area (Å²) in [7, 11) is 0. The van der Waals surface area contributed by atoms with Crippen LogP contribution in [0.3, 0.4) is 0 Å². The number of nitrogens with one attached hydrogen (secondary N) is 2. The fraction of sp³-hybridized carbons (Fsp3) is 0.400. The third-order valence-corrected chi connectivity index (χ3v) is 5.56. The molecule has 3 aromatic rings. The Balaban J connectivity index is 1.39. The number of amides is 1. The molecule has 1 aliphatic rings. The second-order valence-corrected chi connectivity index (χ2v) is 9.54. The van der Waals surface area contributed by atoms with E-state index in [2.05, 4.69) is 25.6 Å². The molecule has 0 unspecified atom stereocenters. The molecule has 1 saturated carbocycles. The molecule has 0 spiro atoms. The molecule has 178 valence electrons. The molecule has 9 nitrogen and oxygen atoms in total. The quantitative estimate of drug-likeness (QED) is 0.592. The lowest BCUT2D eigenvalue weighted by Gasteiger charge is -2.22.